The van der Waals surface area contributed by atoms with Gasteiger partial charge in [-0.25, -0.2) is 4.79 Å². The molecular formula is C28H40BN2O6. The largest absolute Gasteiger partial charge is 0.507 e. The molecule has 2 aliphatic heterocycles. The molecule has 4 rings (SSSR count). The number of phenolic OH excluding ortho intramolecular Hbond substituents is 1. The average molecular weight is 511 g/mol. The zero-order chi connectivity index (χ0) is 27.1. The molecule has 201 valence electrons. The molecule has 1 aromatic carbocycles. The minimum atomic E-state index is -1.05. The number of aliphatic hydroxyl groups is 1. The topological polar surface area (TPSA) is 104 Å². The van der Waals surface area contributed by atoms with Gasteiger partial charge in [0.05, 0.1) is 43.3 Å². The minimum absolute atomic E-state index is 0.00781. The number of nitrogens with one attached hydrogen (secondary N) is 1. The predicted molar refractivity (Wildman–Crippen MR) is 144 cm³/mol. The van der Waals surface area contributed by atoms with Crippen LogP contribution in [0.2, 0.25) is 0 Å². The minimum Gasteiger partial charge on any atom is -0.507 e. The fraction of sp³-hybridized carbons (Fsp3) is 0.607. The van der Waals surface area contributed by atoms with Gasteiger partial charge in [-0.3, -0.25) is 4.90 Å². The average Bonchev–Trinajstić information content (AvgIpc) is 3.26. The lowest BCUT2D eigenvalue weighted by Gasteiger charge is -2.46. The van der Waals surface area contributed by atoms with Crippen LogP contribution in [0, 0.1) is 11.8 Å². The van der Waals surface area contributed by atoms with Crippen LogP contribution in [0.25, 0.3) is 10.9 Å². The quantitative estimate of drug-likeness (QED) is 0.216. The highest BCUT2D eigenvalue weighted by Crippen LogP contribution is 2.46. The molecule has 1 aromatic heterocycles. The molecule has 1 fully saturated rings. The number of benzene rings is 1. The third-order valence-electron chi connectivity index (χ3n) is 8.58. The normalized spacial score (nSPS) is 22.9. The second kappa shape index (κ2) is 10.3. The number of carbonyl (C=O) groups is 1. The second-order valence-electron chi connectivity index (χ2n) is 11.3. The van der Waals surface area contributed by atoms with Crippen LogP contribution in [0.1, 0.15) is 64.8 Å². The van der Waals surface area contributed by atoms with E-state index in [1.807, 2.05) is 19.9 Å². The van der Waals surface area contributed by atoms with Gasteiger partial charge in [0.2, 0.25) is 0 Å². The van der Waals surface area contributed by atoms with Crippen LogP contribution in [0.4, 0.5) is 0 Å². The Bertz CT molecular complexity index is 1180. The number of aromatic nitrogens is 1. The van der Waals surface area contributed by atoms with Gasteiger partial charge in [-0.15, -0.1) is 0 Å². The first-order chi connectivity index (χ1) is 17.4. The highest BCUT2D eigenvalue weighted by Gasteiger charge is 2.43. The first-order valence-corrected chi connectivity index (χ1v) is 13.1. The number of aromatic hydroxyl groups is 1. The highest BCUT2D eigenvalue weighted by atomic mass is 16.5. The number of esters is 1. The maximum Gasteiger partial charge on any atom is 0.337 e. The standard InChI is InChI=1S/C28H40BN2O6/c1-8-16-14-31-12-11-17-23-22(32)10-9-20(29-37-28(4,5)27(2,3)34)25(23)30-24(17)21(31)13-18(16)19(15-35-6)26(33)36-7/h9-10,15-16,18,21,30,32,34H,8,11-14H2,1-7H3/b19-15+/t16-,18+,21+/m1/s1. The fourth-order valence-corrected chi connectivity index (χ4v) is 5.66. The summed E-state index contributed by atoms with van der Waals surface area (Å²) >= 11 is 0. The maximum absolute atomic E-state index is 12.7. The van der Waals surface area contributed by atoms with E-state index < -0.39 is 11.2 Å². The number of carbonyl (C=O) groups excluding carboxylic acids is 1. The van der Waals surface area contributed by atoms with Crippen LogP contribution in [-0.4, -0.2) is 72.1 Å². The molecule has 3 atom stereocenters. The van der Waals surface area contributed by atoms with Crippen molar-refractivity contribution in [1.82, 2.24) is 9.88 Å². The lowest BCUT2D eigenvalue weighted by Crippen LogP contribution is -2.49. The summed E-state index contributed by atoms with van der Waals surface area (Å²) in [4.78, 5) is 18.8. The van der Waals surface area contributed by atoms with Crippen molar-refractivity contribution in [2.45, 2.75) is 71.1 Å². The molecule has 8 nitrogen and oxygen atoms in total. The SMILES string of the molecule is CC[C@@H]1CN2CCc3c([nH]c4c([B]OC(C)(C)C(C)(C)O)ccc(O)c34)[C@@H]2C[C@@H]1/C(=C\OC)C(=O)OC. The Labute approximate surface area is 220 Å². The van der Waals surface area contributed by atoms with Gasteiger partial charge in [0.15, 0.2) is 0 Å². The van der Waals surface area contributed by atoms with Crippen LogP contribution in [0.5, 0.6) is 5.75 Å². The number of aromatic amines is 1. The van der Waals surface area contributed by atoms with Gasteiger partial charge in [-0.1, -0.05) is 19.4 Å². The molecule has 0 aliphatic carbocycles. The van der Waals surface area contributed by atoms with E-state index in [4.69, 9.17) is 14.1 Å². The lowest BCUT2D eigenvalue weighted by atomic mass is 9.74. The van der Waals surface area contributed by atoms with E-state index >= 15 is 0 Å². The van der Waals surface area contributed by atoms with Crippen LogP contribution in [-0.2, 0) is 25.3 Å². The smallest absolute Gasteiger partial charge is 0.337 e. The Morgan fingerprint density at radius 3 is 2.62 bits per heavy atom. The molecule has 1 saturated heterocycles. The van der Waals surface area contributed by atoms with Crippen LogP contribution in [0.3, 0.4) is 0 Å². The lowest BCUT2D eigenvalue weighted by molar-refractivity contribution is -0.137. The molecule has 0 bridgehead atoms. The van der Waals surface area contributed by atoms with E-state index in [0.29, 0.717) is 11.5 Å². The highest BCUT2D eigenvalue weighted by molar-refractivity contribution is 6.51. The molecule has 2 aliphatic rings. The summed E-state index contributed by atoms with van der Waals surface area (Å²) in [6.07, 6.45) is 4.03. The Kier molecular flexibility index (Phi) is 7.70. The fourth-order valence-electron chi connectivity index (χ4n) is 5.66. The molecule has 1 radical (unpaired) electrons. The van der Waals surface area contributed by atoms with Gasteiger partial charge in [0.25, 0.3) is 0 Å². The van der Waals surface area contributed by atoms with Crippen molar-refractivity contribution in [3.8, 4) is 5.75 Å². The van der Waals surface area contributed by atoms with Gasteiger partial charge < -0.3 is 29.3 Å². The van der Waals surface area contributed by atoms with Crippen molar-refractivity contribution >= 4 is 29.8 Å². The summed E-state index contributed by atoms with van der Waals surface area (Å²) in [6, 6.07) is 3.59. The Morgan fingerprint density at radius 1 is 1.27 bits per heavy atom. The van der Waals surface area contributed by atoms with Crippen molar-refractivity contribution in [2.75, 3.05) is 27.3 Å². The van der Waals surface area contributed by atoms with E-state index in [0.717, 1.165) is 60.0 Å². The van der Waals surface area contributed by atoms with E-state index in [1.165, 1.54) is 13.4 Å². The number of hydrogen-bond acceptors (Lipinski definition) is 7. The van der Waals surface area contributed by atoms with Gasteiger partial charge in [-0.2, -0.15) is 0 Å². The molecule has 0 spiro atoms. The second-order valence-corrected chi connectivity index (χ2v) is 11.3. The Hall–Kier alpha value is -2.49. The number of rotatable bonds is 8. The maximum atomic E-state index is 12.7. The summed E-state index contributed by atoms with van der Waals surface area (Å²) in [5, 5.41) is 22.2. The third-order valence-corrected chi connectivity index (χ3v) is 8.58. The van der Waals surface area contributed by atoms with Gasteiger partial charge in [-0.05, 0) is 69.5 Å². The van der Waals surface area contributed by atoms with Crippen molar-refractivity contribution in [1.29, 1.82) is 0 Å². The zero-order valence-corrected chi connectivity index (χ0v) is 23.1. The number of nitrogens with zero attached hydrogens (tertiary/aromatic N) is 1. The van der Waals surface area contributed by atoms with Gasteiger partial charge >= 0.3 is 13.5 Å². The number of fused-ring (bicyclic) bond motifs is 5. The number of H-pyrrole nitrogens is 1. The first kappa shape index (κ1) is 27.5. The number of methoxy groups -OCH3 is 2. The van der Waals surface area contributed by atoms with Crippen molar-refractivity contribution in [3.05, 3.63) is 35.2 Å². The molecule has 0 unspecified atom stereocenters. The van der Waals surface area contributed by atoms with Crippen LogP contribution in [0.15, 0.2) is 24.0 Å². The summed E-state index contributed by atoms with van der Waals surface area (Å²) in [5.74, 6) is 0.171. The summed E-state index contributed by atoms with van der Waals surface area (Å²) in [7, 11) is 4.62. The number of ether oxygens (including phenoxy) is 2. The van der Waals surface area contributed by atoms with Crippen LogP contribution >= 0.6 is 0 Å². The molecule has 9 heteroatoms. The number of piperidine rings is 1. The van der Waals surface area contributed by atoms with E-state index in [9.17, 15) is 15.0 Å². The van der Waals surface area contributed by atoms with Crippen molar-refractivity contribution in [2.24, 2.45) is 11.8 Å². The zero-order valence-electron chi connectivity index (χ0n) is 23.1. The Balaban J connectivity index is 1.73. The molecule has 0 saturated carbocycles. The van der Waals surface area contributed by atoms with Gasteiger partial charge in [0.1, 0.15) is 5.75 Å². The molecule has 37 heavy (non-hydrogen) atoms. The molecule has 2 aromatic rings. The van der Waals surface area contributed by atoms with E-state index in [2.05, 4.69) is 16.8 Å². The summed E-state index contributed by atoms with van der Waals surface area (Å²) in [6.45, 7) is 11.0. The summed E-state index contributed by atoms with van der Waals surface area (Å²) < 4.78 is 16.4. The Morgan fingerprint density at radius 2 is 2.00 bits per heavy atom. The van der Waals surface area contributed by atoms with Gasteiger partial charge in [0, 0.05) is 29.7 Å². The monoisotopic (exact) mass is 511 g/mol. The number of phenols is 1. The van der Waals surface area contributed by atoms with E-state index in [-0.39, 0.29) is 23.7 Å². The van der Waals surface area contributed by atoms with E-state index in [1.54, 1.807) is 34.5 Å². The van der Waals surface area contributed by atoms with Crippen molar-refractivity contribution < 1.29 is 29.1 Å². The third kappa shape index (κ3) is 5.01. The molecule has 3 N–H and O–H groups in total. The molecule has 0 amide bonds. The predicted octanol–water partition coefficient (Wildman–Crippen LogP) is 3.33. The first-order valence-electron chi connectivity index (χ1n) is 13.1. The number of hydrogen-bond donors (Lipinski definition) is 3. The summed E-state index contributed by atoms with van der Waals surface area (Å²) in [5.41, 5.74) is 2.50. The van der Waals surface area contributed by atoms with Crippen molar-refractivity contribution in [3.63, 3.8) is 0 Å². The van der Waals surface area contributed by atoms with Crippen LogP contribution < -0.4 is 5.46 Å². The molecular weight excluding hydrogens is 471 g/mol. The molecule has 3 heterocycles.